The van der Waals surface area contributed by atoms with Gasteiger partial charge in [-0.05, 0) is 25.0 Å². The Labute approximate surface area is 164 Å². The molecule has 1 aliphatic carbocycles. The average molecular weight is 390 g/mol. The van der Waals surface area contributed by atoms with Gasteiger partial charge in [-0.25, -0.2) is 0 Å². The summed E-state index contributed by atoms with van der Waals surface area (Å²) in [6, 6.07) is 7.65. The second-order valence-corrected chi connectivity index (χ2v) is 8.01. The van der Waals surface area contributed by atoms with Crippen molar-refractivity contribution in [1.29, 1.82) is 0 Å². The molecule has 2 heterocycles. The lowest BCUT2D eigenvalue weighted by Gasteiger charge is -2.17. The minimum atomic E-state index is -0.486. The third-order valence-corrected chi connectivity index (χ3v) is 4.85. The fourth-order valence-corrected chi connectivity index (χ4v) is 3.26. The highest BCUT2D eigenvalue weighted by Gasteiger charge is 2.36. The van der Waals surface area contributed by atoms with E-state index in [1.165, 1.54) is 0 Å². The third-order valence-electron chi connectivity index (χ3n) is 4.85. The molecule has 0 aliphatic heterocycles. The minimum absolute atomic E-state index is 0. The molecule has 0 bridgehead atoms. The zero-order valence-electron chi connectivity index (χ0n) is 15.7. The Hall–Kier alpha value is -2.25. The van der Waals surface area contributed by atoms with Crippen LogP contribution in [0, 0.1) is 0 Å². The number of nitrogens with zero attached hydrogens (tertiary/aromatic N) is 4. The van der Waals surface area contributed by atoms with E-state index >= 15 is 0 Å². The molecule has 0 unspecified atom stereocenters. The van der Waals surface area contributed by atoms with Crippen LogP contribution < -0.4 is 5.73 Å². The minimum Gasteiger partial charge on any atom is -0.334 e. The van der Waals surface area contributed by atoms with Crippen molar-refractivity contribution < 1.29 is 9.05 Å². The van der Waals surface area contributed by atoms with E-state index in [4.69, 9.17) is 14.8 Å². The molecule has 4 rings (SSSR count). The molecule has 0 atom stereocenters. The highest BCUT2D eigenvalue weighted by atomic mass is 35.5. The molecule has 0 radical (unpaired) electrons. The molecular formula is C19H24ClN5O2. The lowest BCUT2D eigenvalue weighted by atomic mass is 9.96. The van der Waals surface area contributed by atoms with Crippen molar-refractivity contribution in [3.63, 3.8) is 0 Å². The van der Waals surface area contributed by atoms with Gasteiger partial charge >= 0.3 is 0 Å². The van der Waals surface area contributed by atoms with Gasteiger partial charge in [0.1, 0.15) is 0 Å². The first-order valence-corrected chi connectivity index (χ1v) is 8.94. The standard InChI is InChI=1S/C19H23N5O2.ClH/c1-18(2,3)16-21-14(25-23-16)12-8-4-5-9-13(12)15-22-17(24-26-15)19(20)10-6-7-11-19;/h4-5,8-9H,6-7,10-11,20H2,1-3H3;1H. The van der Waals surface area contributed by atoms with Crippen LogP contribution in [0.25, 0.3) is 22.9 Å². The summed E-state index contributed by atoms with van der Waals surface area (Å²) >= 11 is 0. The van der Waals surface area contributed by atoms with Gasteiger partial charge in [0.25, 0.3) is 11.8 Å². The van der Waals surface area contributed by atoms with Crippen molar-refractivity contribution in [3.8, 4) is 22.9 Å². The molecule has 0 saturated heterocycles. The van der Waals surface area contributed by atoms with Crippen molar-refractivity contribution in [2.24, 2.45) is 5.73 Å². The first-order valence-electron chi connectivity index (χ1n) is 8.94. The number of benzene rings is 1. The highest BCUT2D eigenvalue weighted by molar-refractivity contribution is 5.85. The molecule has 0 spiro atoms. The lowest BCUT2D eigenvalue weighted by Crippen LogP contribution is -2.34. The van der Waals surface area contributed by atoms with Gasteiger partial charge in [-0.1, -0.05) is 56.1 Å². The number of hydrogen-bond acceptors (Lipinski definition) is 7. The van der Waals surface area contributed by atoms with Crippen LogP contribution in [-0.4, -0.2) is 20.3 Å². The number of halogens is 1. The topological polar surface area (TPSA) is 104 Å². The SMILES string of the molecule is CC(C)(C)c1noc(-c2ccccc2-c2nc(C3(N)CCCC3)no2)n1.Cl. The van der Waals surface area contributed by atoms with Gasteiger partial charge in [-0.15, -0.1) is 12.4 Å². The largest absolute Gasteiger partial charge is 0.334 e. The van der Waals surface area contributed by atoms with Gasteiger partial charge in [-0.2, -0.15) is 9.97 Å². The number of hydrogen-bond donors (Lipinski definition) is 1. The van der Waals surface area contributed by atoms with Gasteiger partial charge < -0.3 is 14.8 Å². The molecule has 2 N–H and O–H groups in total. The van der Waals surface area contributed by atoms with Gasteiger partial charge in [0.2, 0.25) is 0 Å². The Morgan fingerprint density at radius 2 is 1.48 bits per heavy atom. The zero-order valence-corrected chi connectivity index (χ0v) is 16.5. The normalized spacial score (nSPS) is 16.3. The van der Waals surface area contributed by atoms with Crippen LogP contribution >= 0.6 is 12.4 Å². The molecule has 3 aromatic rings. The van der Waals surface area contributed by atoms with E-state index < -0.39 is 5.54 Å². The van der Waals surface area contributed by atoms with Gasteiger partial charge in [0, 0.05) is 5.41 Å². The highest BCUT2D eigenvalue weighted by Crippen LogP contribution is 2.37. The Morgan fingerprint density at radius 3 is 2.04 bits per heavy atom. The predicted octanol–water partition coefficient (Wildman–Crippen LogP) is 4.23. The fourth-order valence-electron chi connectivity index (χ4n) is 3.26. The summed E-state index contributed by atoms with van der Waals surface area (Å²) in [4.78, 5) is 9.13. The second kappa shape index (κ2) is 7.05. The quantitative estimate of drug-likeness (QED) is 0.714. The van der Waals surface area contributed by atoms with Crippen molar-refractivity contribution in [2.45, 2.75) is 57.4 Å². The predicted molar refractivity (Wildman–Crippen MR) is 103 cm³/mol. The van der Waals surface area contributed by atoms with Crippen LogP contribution in [0.4, 0.5) is 0 Å². The molecule has 1 saturated carbocycles. The second-order valence-electron chi connectivity index (χ2n) is 8.01. The van der Waals surface area contributed by atoms with E-state index in [0.717, 1.165) is 36.8 Å². The van der Waals surface area contributed by atoms with Crippen LogP contribution in [0.1, 0.15) is 58.1 Å². The molecule has 27 heavy (non-hydrogen) atoms. The van der Waals surface area contributed by atoms with Gasteiger partial charge in [0.15, 0.2) is 11.6 Å². The summed E-state index contributed by atoms with van der Waals surface area (Å²) in [5, 5.41) is 8.25. The number of aromatic nitrogens is 4. The summed E-state index contributed by atoms with van der Waals surface area (Å²) in [5.74, 6) is 2.08. The van der Waals surface area contributed by atoms with Gasteiger partial charge in [-0.3, -0.25) is 0 Å². The van der Waals surface area contributed by atoms with Crippen LogP contribution in [0.5, 0.6) is 0 Å². The fraction of sp³-hybridized carbons (Fsp3) is 0.474. The maximum absolute atomic E-state index is 6.45. The Bertz CT molecular complexity index is 922. The monoisotopic (exact) mass is 389 g/mol. The number of rotatable bonds is 3. The van der Waals surface area contributed by atoms with Crippen LogP contribution in [0.15, 0.2) is 33.3 Å². The maximum atomic E-state index is 6.45. The van der Waals surface area contributed by atoms with Gasteiger partial charge in [0.05, 0.1) is 16.7 Å². The number of nitrogens with two attached hydrogens (primary N) is 1. The summed E-state index contributed by atoms with van der Waals surface area (Å²) in [6.07, 6.45) is 3.95. The summed E-state index contributed by atoms with van der Waals surface area (Å²) in [6.45, 7) is 6.13. The Balaban J connectivity index is 0.00000210. The van der Waals surface area contributed by atoms with Crippen molar-refractivity contribution >= 4 is 12.4 Å². The Kier molecular flexibility index (Phi) is 5.10. The van der Waals surface area contributed by atoms with E-state index in [1.54, 1.807) is 0 Å². The van der Waals surface area contributed by atoms with E-state index in [1.807, 2.05) is 45.0 Å². The van der Waals surface area contributed by atoms with E-state index in [0.29, 0.717) is 23.4 Å². The molecule has 2 aromatic heterocycles. The molecule has 0 amide bonds. The maximum Gasteiger partial charge on any atom is 0.258 e. The van der Waals surface area contributed by atoms with Crippen molar-refractivity contribution in [1.82, 2.24) is 20.3 Å². The Morgan fingerprint density at radius 1 is 0.926 bits per heavy atom. The van der Waals surface area contributed by atoms with Crippen molar-refractivity contribution in [3.05, 3.63) is 35.9 Å². The first kappa shape index (κ1) is 19.5. The summed E-state index contributed by atoms with van der Waals surface area (Å²) in [7, 11) is 0. The van der Waals surface area contributed by atoms with Crippen LogP contribution in [0.3, 0.4) is 0 Å². The van der Waals surface area contributed by atoms with E-state index in [-0.39, 0.29) is 17.8 Å². The summed E-state index contributed by atoms with van der Waals surface area (Å²) in [5.41, 5.74) is 7.30. The average Bonchev–Trinajstić information content (AvgIpc) is 3.35. The smallest absolute Gasteiger partial charge is 0.258 e. The third kappa shape index (κ3) is 3.61. The van der Waals surface area contributed by atoms with Crippen LogP contribution in [0.2, 0.25) is 0 Å². The molecule has 1 aliphatic rings. The summed E-state index contributed by atoms with van der Waals surface area (Å²) < 4.78 is 11.0. The zero-order chi connectivity index (χ0) is 18.4. The van der Waals surface area contributed by atoms with Crippen molar-refractivity contribution in [2.75, 3.05) is 0 Å². The molecule has 1 fully saturated rings. The molecule has 7 nitrogen and oxygen atoms in total. The molecular weight excluding hydrogens is 366 g/mol. The molecule has 1 aromatic carbocycles. The first-order chi connectivity index (χ1) is 12.4. The van der Waals surface area contributed by atoms with Crippen LogP contribution in [-0.2, 0) is 11.0 Å². The molecule has 144 valence electrons. The molecule has 8 heteroatoms. The van der Waals surface area contributed by atoms with E-state index in [2.05, 4.69) is 20.3 Å². The van der Waals surface area contributed by atoms with E-state index in [9.17, 15) is 0 Å². The lowest BCUT2D eigenvalue weighted by molar-refractivity contribution is 0.372.